The van der Waals surface area contributed by atoms with Crippen LogP contribution in [0.3, 0.4) is 0 Å². The van der Waals surface area contributed by atoms with Crippen molar-refractivity contribution in [1.82, 2.24) is 0 Å². The van der Waals surface area contributed by atoms with Crippen molar-refractivity contribution < 1.29 is 17.6 Å². The summed E-state index contributed by atoms with van der Waals surface area (Å²) in [5.41, 5.74) is -0.661. The third-order valence-corrected chi connectivity index (χ3v) is 2.47. The van der Waals surface area contributed by atoms with Gasteiger partial charge in [0.1, 0.15) is 5.82 Å². The fourth-order valence-electron chi connectivity index (χ4n) is 1.32. The van der Waals surface area contributed by atoms with Crippen LogP contribution < -0.4 is 0 Å². The highest BCUT2D eigenvalue weighted by molar-refractivity contribution is 5.29. The molecule has 0 amide bonds. The fourth-order valence-corrected chi connectivity index (χ4v) is 1.32. The van der Waals surface area contributed by atoms with Crippen LogP contribution in [0.25, 0.3) is 0 Å². The van der Waals surface area contributed by atoms with Crippen LogP contribution in [0.2, 0.25) is 0 Å². The average Bonchev–Trinajstić information content (AvgIpc) is 2.30. The Balaban J connectivity index is 0.00000121. The van der Waals surface area contributed by atoms with Crippen LogP contribution in [0.5, 0.6) is 0 Å². The molecule has 0 N–H and O–H groups in total. The van der Waals surface area contributed by atoms with Gasteiger partial charge < -0.3 is 0 Å². The topological polar surface area (TPSA) is 0 Å². The van der Waals surface area contributed by atoms with Gasteiger partial charge in [-0.25, -0.2) is 4.39 Å². The molecule has 98 valence electrons. The highest BCUT2D eigenvalue weighted by Gasteiger charge is 2.31. The molecule has 1 unspecified atom stereocenters. The summed E-state index contributed by atoms with van der Waals surface area (Å²) in [5, 5.41) is 0. The highest BCUT2D eigenvalue weighted by Crippen LogP contribution is 2.32. The van der Waals surface area contributed by atoms with Gasteiger partial charge in [0.25, 0.3) is 0 Å². The number of halogens is 4. The van der Waals surface area contributed by atoms with Crippen LogP contribution in [0.1, 0.15) is 51.2 Å². The molecule has 4 heteroatoms. The first-order valence-corrected chi connectivity index (χ1v) is 5.73. The summed E-state index contributed by atoms with van der Waals surface area (Å²) >= 11 is 0. The lowest BCUT2D eigenvalue weighted by atomic mass is 9.96. The highest BCUT2D eigenvalue weighted by atomic mass is 19.4. The zero-order chi connectivity index (χ0) is 13.6. The van der Waals surface area contributed by atoms with E-state index in [1.54, 1.807) is 6.92 Å². The minimum absolute atomic E-state index is 0.132. The molecule has 0 fully saturated rings. The maximum atomic E-state index is 13.2. The number of alkyl halides is 3. The van der Waals surface area contributed by atoms with Crippen LogP contribution >= 0.6 is 0 Å². The van der Waals surface area contributed by atoms with Crippen LogP contribution in [0, 0.1) is 5.82 Å². The molecule has 1 atom stereocenters. The Labute approximate surface area is 99.7 Å². The minimum atomic E-state index is -4.41. The quantitative estimate of drug-likeness (QED) is 0.618. The molecule has 0 spiro atoms. The summed E-state index contributed by atoms with van der Waals surface area (Å²) in [6.45, 7) is 7.52. The summed E-state index contributed by atoms with van der Waals surface area (Å²) in [6, 6.07) is 2.54. The second-order valence-electron chi connectivity index (χ2n) is 3.54. The molecule has 0 nitrogen and oxygen atoms in total. The molecule has 0 saturated heterocycles. The monoisotopic (exact) mass is 250 g/mol. The second kappa shape index (κ2) is 6.62. The van der Waals surface area contributed by atoms with E-state index in [1.165, 1.54) is 0 Å². The average molecular weight is 250 g/mol. The van der Waals surface area contributed by atoms with E-state index in [1.807, 2.05) is 20.8 Å². The van der Waals surface area contributed by atoms with Gasteiger partial charge in [0, 0.05) is 0 Å². The largest absolute Gasteiger partial charge is 0.416 e. The predicted molar refractivity (Wildman–Crippen MR) is 61.5 cm³/mol. The third kappa shape index (κ3) is 4.36. The summed E-state index contributed by atoms with van der Waals surface area (Å²) in [6.07, 6.45) is -3.80. The molecule has 0 aromatic heterocycles. The van der Waals surface area contributed by atoms with Crippen molar-refractivity contribution in [3.63, 3.8) is 0 Å². The summed E-state index contributed by atoms with van der Waals surface area (Å²) in [4.78, 5) is 0. The third-order valence-electron chi connectivity index (χ3n) is 2.47. The van der Waals surface area contributed by atoms with Crippen LogP contribution in [-0.4, -0.2) is 0 Å². The zero-order valence-corrected chi connectivity index (χ0v) is 10.5. The Morgan fingerprint density at radius 3 is 2.12 bits per heavy atom. The van der Waals surface area contributed by atoms with E-state index < -0.39 is 17.6 Å². The Morgan fingerprint density at radius 2 is 1.71 bits per heavy atom. The zero-order valence-electron chi connectivity index (χ0n) is 10.5. The van der Waals surface area contributed by atoms with Crippen molar-refractivity contribution in [3.8, 4) is 0 Å². The number of hydrogen-bond donors (Lipinski definition) is 0. The van der Waals surface area contributed by atoms with Crippen LogP contribution in [0.15, 0.2) is 18.2 Å². The van der Waals surface area contributed by atoms with E-state index >= 15 is 0 Å². The van der Waals surface area contributed by atoms with Crippen LogP contribution in [0.4, 0.5) is 17.6 Å². The Kier molecular flexibility index (Phi) is 6.21. The Bertz CT molecular complexity index is 342. The van der Waals surface area contributed by atoms with Gasteiger partial charge in [-0.1, -0.05) is 27.7 Å². The molecule has 0 saturated carbocycles. The van der Waals surface area contributed by atoms with Crippen molar-refractivity contribution in [2.24, 2.45) is 0 Å². The SMILES string of the molecule is CC.CCC(C)c1cc(C(F)(F)F)ccc1F. The van der Waals surface area contributed by atoms with Gasteiger partial charge in [-0.3, -0.25) is 0 Å². The van der Waals surface area contributed by atoms with E-state index in [0.717, 1.165) is 18.2 Å². The maximum absolute atomic E-state index is 13.2. The smallest absolute Gasteiger partial charge is 0.207 e. The first kappa shape index (κ1) is 15.9. The van der Waals surface area contributed by atoms with Gasteiger partial charge >= 0.3 is 6.18 Å². The molecule has 0 aliphatic heterocycles. The number of rotatable bonds is 2. The normalized spacial score (nSPS) is 12.7. The summed E-state index contributed by atoms with van der Waals surface area (Å²) < 4.78 is 50.3. The van der Waals surface area contributed by atoms with Crippen molar-refractivity contribution in [2.45, 2.75) is 46.2 Å². The van der Waals surface area contributed by atoms with E-state index in [0.29, 0.717) is 6.42 Å². The molecule has 1 rings (SSSR count). The van der Waals surface area contributed by atoms with Crippen molar-refractivity contribution in [2.75, 3.05) is 0 Å². The summed E-state index contributed by atoms with van der Waals surface area (Å²) in [7, 11) is 0. The first-order chi connectivity index (χ1) is 7.86. The van der Waals surface area contributed by atoms with Gasteiger partial charge in [0.2, 0.25) is 0 Å². The molecule has 0 aliphatic rings. The van der Waals surface area contributed by atoms with E-state index in [4.69, 9.17) is 0 Å². The maximum Gasteiger partial charge on any atom is 0.416 e. The van der Waals surface area contributed by atoms with Crippen molar-refractivity contribution in [3.05, 3.63) is 35.1 Å². The van der Waals surface area contributed by atoms with Crippen molar-refractivity contribution >= 4 is 0 Å². The van der Waals surface area contributed by atoms with Crippen molar-refractivity contribution in [1.29, 1.82) is 0 Å². The Hall–Kier alpha value is -1.06. The molecule has 0 aliphatic carbocycles. The lowest BCUT2D eigenvalue weighted by Gasteiger charge is -2.13. The van der Waals surface area contributed by atoms with Gasteiger partial charge in [-0.15, -0.1) is 0 Å². The number of benzene rings is 1. The predicted octanol–water partition coefficient (Wildman–Crippen LogP) is 5.38. The Morgan fingerprint density at radius 1 is 1.18 bits per heavy atom. The molecule has 0 heterocycles. The molecule has 0 radical (unpaired) electrons. The van der Waals surface area contributed by atoms with E-state index in [9.17, 15) is 17.6 Å². The second-order valence-corrected chi connectivity index (χ2v) is 3.54. The van der Waals surface area contributed by atoms with Gasteiger partial charge in [-0.2, -0.15) is 13.2 Å². The molecule has 0 bridgehead atoms. The van der Waals surface area contributed by atoms with Gasteiger partial charge in [-0.05, 0) is 36.1 Å². The van der Waals surface area contributed by atoms with E-state index in [2.05, 4.69) is 0 Å². The van der Waals surface area contributed by atoms with Gasteiger partial charge in [0.05, 0.1) is 5.56 Å². The molecule has 1 aromatic rings. The summed E-state index contributed by atoms with van der Waals surface area (Å²) in [5.74, 6) is -0.773. The lowest BCUT2D eigenvalue weighted by Crippen LogP contribution is -2.07. The van der Waals surface area contributed by atoms with Gasteiger partial charge in [0.15, 0.2) is 0 Å². The van der Waals surface area contributed by atoms with Crippen LogP contribution in [-0.2, 0) is 6.18 Å². The number of hydrogen-bond acceptors (Lipinski definition) is 0. The molecular weight excluding hydrogens is 232 g/mol. The molecule has 17 heavy (non-hydrogen) atoms. The standard InChI is InChI=1S/C11H12F4.C2H6/c1-3-7(2)9-6-8(11(13,14)15)4-5-10(9)12;1-2/h4-7H,3H2,1-2H3;1-2H3. The lowest BCUT2D eigenvalue weighted by molar-refractivity contribution is -0.137. The first-order valence-electron chi connectivity index (χ1n) is 5.73. The molecule has 1 aromatic carbocycles. The fraction of sp³-hybridized carbons (Fsp3) is 0.538. The molecular formula is C13H18F4. The van der Waals surface area contributed by atoms with E-state index in [-0.39, 0.29) is 11.5 Å². The minimum Gasteiger partial charge on any atom is -0.207 e.